The van der Waals surface area contributed by atoms with Crippen LogP contribution in [0.2, 0.25) is 0 Å². The maximum absolute atomic E-state index is 12.3. The lowest BCUT2D eigenvalue weighted by Crippen LogP contribution is -2.08. The van der Waals surface area contributed by atoms with Gasteiger partial charge in [-0.3, -0.25) is 10.1 Å². The number of esters is 1. The summed E-state index contributed by atoms with van der Waals surface area (Å²) in [4.78, 5) is 22.7. The zero-order valence-corrected chi connectivity index (χ0v) is 14.7. The molecule has 0 unspecified atom stereocenters. The van der Waals surface area contributed by atoms with Gasteiger partial charge in [-0.05, 0) is 25.1 Å². The van der Waals surface area contributed by atoms with E-state index in [1.54, 1.807) is 19.2 Å². The van der Waals surface area contributed by atoms with Crippen LogP contribution in [0.25, 0.3) is 11.3 Å². The number of methoxy groups -OCH3 is 1. The number of hydrogen-bond acceptors (Lipinski definition) is 7. The fourth-order valence-electron chi connectivity index (χ4n) is 2.55. The second-order valence-electron chi connectivity index (χ2n) is 5.70. The molecule has 138 valence electrons. The number of aromatic nitrogens is 1. The van der Waals surface area contributed by atoms with Gasteiger partial charge in [-0.2, -0.15) is 0 Å². The molecule has 0 aliphatic carbocycles. The normalized spacial score (nSPS) is 10.4. The zero-order chi connectivity index (χ0) is 19.4. The first-order chi connectivity index (χ1) is 13.0. The highest BCUT2D eigenvalue weighted by molar-refractivity contribution is 5.92. The molecule has 0 radical (unpaired) electrons. The standard InChI is InChI=1S/C19H16N2O6/c1-12-16(7-4-8-17(12)21(23)24)19(22)26-11-14-10-18(27-20-14)13-5-3-6-15(9-13)25-2/h3-10H,11H2,1-2H3. The van der Waals surface area contributed by atoms with Crippen LogP contribution < -0.4 is 4.74 Å². The summed E-state index contributed by atoms with van der Waals surface area (Å²) in [6.45, 7) is 1.39. The van der Waals surface area contributed by atoms with Gasteiger partial charge in [0.2, 0.25) is 0 Å². The summed E-state index contributed by atoms with van der Waals surface area (Å²) >= 11 is 0. The van der Waals surface area contributed by atoms with E-state index in [1.807, 2.05) is 18.2 Å². The van der Waals surface area contributed by atoms with Gasteiger partial charge in [0, 0.05) is 23.3 Å². The van der Waals surface area contributed by atoms with Crippen LogP contribution in [-0.2, 0) is 11.3 Å². The van der Waals surface area contributed by atoms with Crippen LogP contribution >= 0.6 is 0 Å². The Morgan fingerprint density at radius 3 is 2.74 bits per heavy atom. The van der Waals surface area contributed by atoms with E-state index in [-0.39, 0.29) is 23.4 Å². The number of hydrogen-bond donors (Lipinski definition) is 0. The summed E-state index contributed by atoms with van der Waals surface area (Å²) in [5, 5.41) is 14.9. The number of carbonyl (C=O) groups is 1. The molecule has 27 heavy (non-hydrogen) atoms. The molecule has 0 spiro atoms. The van der Waals surface area contributed by atoms with E-state index in [0.29, 0.717) is 17.2 Å². The lowest BCUT2D eigenvalue weighted by molar-refractivity contribution is -0.385. The molecule has 0 bridgehead atoms. The molecule has 0 atom stereocenters. The van der Waals surface area contributed by atoms with Gasteiger partial charge in [0.25, 0.3) is 5.69 Å². The van der Waals surface area contributed by atoms with Crippen molar-refractivity contribution in [1.82, 2.24) is 5.16 Å². The average Bonchev–Trinajstić information content (AvgIpc) is 3.15. The molecular formula is C19H16N2O6. The Labute approximate surface area is 154 Å². The number of ether oxygens (including phenoxy) is 2. The van der Waals surface area contributed by atoms with E-state index >= 15 is 0 Å². The Morgan fingerprint density at radius 1 is 1.22 bits per heavy atom. The van der Waals surface area contributed by atoms with Gasteiger partial charge in [-0.25, -0.2) is 4.79 Å². The largest absolute Gasteiger partial charge is 0.497 e. The van der Waals surface area contributed by atoms with E-state index in [2.05, 4.69) is 5.16 Å². The SMILES string of the molecule is COc1cccc(-c2cc(COC(=O)c3cccc([N+](=O)[O-])c3C)no2)c1. The maximum atomic E-state index is 12.3. The van der Waals surface area contributed by atoms with Gasteiger partial charge in [-0.15, -0.1) is 0 Å². The molecule has 0 saturated heterocycles. The minimum atomic E-state index is -0.665. The Hall–Kier alpha value is -3.68. The molecule has 1 aromatic heterocycles. The molecule has 0 N–H and O–H groups in total. The van der Waals surface area contributed by atoms with Crippen molar-refractivity contribution in [3.63, 3.8) is 0 Å². The molecule has 3 rings (SSSR count). The average molecular weight is 368 g/mol. The molecule has 0 aliphatic heterocycles. The molecule has 0 aliphatic rings. The summed E-state index contributed by atoms with van der Waals surface area (Å²) < 4.78 is 15.7. The summed E-state index contributed by atoms with van der Waals surface area (Å²) in [7, 11) is 1.57. The van der Waals surface area contributed by atoms with Gasteiger partial charge in [0.15, 0.2) is 5.76 Å². The van der Waals surface area contributed by atoms with Crippen molar-refractivity contribution in [1.29, 1.82) is 0 Å². The maximum Gasteiger partial charge on any atom is 0.339 e. The number of benzene rings is 2. The molecule has 2 aromatic carbocycles. The third-order valence-electron chi connectivity index (χ3n) is 3.99. The highest BCUT2D eigenvalue weighted by Gasteiger charge is 2.19. The number of carbonyl (C=O) groups excluding carboxylic acids is 1. The second kappa shape index (κ2) is 7.69. The Kier molecular flexibility index (Phi) is 5.16. The van der Waals surface area contributed by atoms with Crippen molar-refractivity contribution in [3.8, 4) is 17.1 Å². The number of rotatable bonds is 6. The predicted octanol–water partition coefficient (Wildman–Crippen LogP) is 3.92. The second-order valence-corrected chi connectivity index (χ2v) is 5.70. The van der Waals surface area contributed by atoms with E-state index < -0.39 is 10.9 Å². The van der Waals surface area contributed by atoms with E-state index in [4.69, 9.17) is 14.0 Å². The first-order valence-corrected chi connectivity index (χ1v) is 8.00. The molecule has 0 fully saturated rings. The number of nitrogens with zero attached hydrogens (tertiary/aromatic N) is 2. The van der Waals surface area contributed by atoms with Crippen LogP contribution in [-0.4, -0.2) is 23.2 Å². The fourth-order valence-corrected chi connectivity index (χ4v) is 2.55. The molecule has 1 heterocycles. The van der Waals surface area contributed by atoms with E-state index in [1.165, 1.54) is 25.1 Å². The summed E-state index contributed by atoms with van der Waals surface area (Å²) in [5.41, 5.74) is 1.45. The van der Waals surface area contributed by atoms with Crippen molar-refractivity contribution in [3.05, 3.63) is 75.5 Å². The van der Waals surface area contributed by atoms with Crippen LogP contribution in [0, 0.1) is 17.0 Å². The molecule has 0 saturated carbocycles. The minimum Gasteiger partial charge on any atom is -0.497 e. The first kappa shape index (κ1) is 18.1. The number of nitro groups is 1. The van der Waals surface area contributed by atoms with Gasteiger partial charge in [-0.1, -0.05) is 23.4 Å². The van der Waals surface area contributed by atoms with Gasteiger partial charge in [0.05, 0.1) is 17.6 Å². The van der Waals surface area contributed by atoms with Crippen molar-refractivity contribution in [2.24, 2.45) is 0 Å². The lowest BCUT2D eigenvalue weighted by atomic mass is 10.1. The van der Waals surface area contributed by atoms with Crippen molar-refractivity contribution in [2.45, 2.75) is 13.5 Å². The molecular weight excluding hydrogens is 352 g/mol. The van der Waals surface area contributed by atoms with Crippen LogP contribution in [0.15, 0.2) is 53.1 Å². The van der Waals surface area contributed by atoms with Gasteiger partial charge in [0.1, 0.15) is 18.1 Å². The third-order valence-corrected chi connectivity index (χ3v) is 3.99. The quantitative estimate of drug-likeness (QED) is 0.369. The zero-order valence-electron chi connectivity index (χ0n) is 14.7. The van der Waals surface area contributed by atoms with Crippen molar-refractivity contribution in [2.75, 3.05) is 7.11 Å². The molecule has 8 heteroatoms. The Morgan fingerprint density at radius 2 is 2.00 bits per heavy atom. The first-order valence-electron chi connectivity index (χ1n) is 8.00. The van der Waals surface area contributed by atoms with Gasteiger partial charge < -0.3 is 14.0 Å². The van der Waals surface area contributed by atoms with Crippen LogP contribution in [0.5, 0.6) is 5.75 Å². The lowest BCUT2D eigenvalue weighted by Gasteiger charge is -2.05. The summed E-state index contributed by atoms with van der Waals surface area (Å²) in [6.07, 6.45) is 0. The van der Waals surface area contributed by atoms with Crippen molar-refractivity contribution < 1.29 is 23.7 Å². The number of nitro benzene ring substituents is 1. The Bertz CT molecular complexity index is 995. The topological polar surface area (TPSA) is 105 Å². The molecule has 0 amide bonds. The molecule has 8 nitrogen and oxygen atoms in total. The highest BCUT2D eigenvalue weighted by atomic mass is 16.6. The van der Waals surface area contributed by atoms with Crippen molar-refractivity contribution >= 4 is 11.7 Å². The smallest absolute Gasteiger partial charge is 0.339 e. The highest BCUT2D eigenvalue weighted by Crippen LogP contribution is 2.25. The molecule has 3 aromatic rings. The Balaban J connectivity index is 1.71. The minimum absolute atomic E-state index is 0.117. The van der Waals surface area contributed by atoms with Gasteiger partial charge >= 0.3 is 5.97 Å². The third kappa shape index (κ3) is 3.95. The van der Waals surface area contributed by atoms with Crippen LogP contribution in [0.1, 0.15) is 21.6 Å². The van der Waals surface area contributed by atoms with E-state index in [0.717, 1.165) is 5.56 Å². The van der Waals surface area contributed by atoms with Crippen LogP contribution in [0.4, 0.5) is 5.69 Å². The predicted molar refractivity (Wildman–Crippen MR) is 95.4 cm³/mol. The van der Waals surface area contributed by atoms with E-state index in [9.17, 15) is 14.9 Å². The fraction of sp³-hybridized carbons (Fsp3) is 0.158. The van der Waals surface area contributed by atoms with Crippen LogP contribution in [0.3, 0.4) is 0 Å². The monoisotopic (exact) mass is 368 g/mol. The summed E-state index contributed by atoms with van der Waals surface area (Å²) in [5.74, 6) is 0.520. The summed E-state index contributed by atoms with van der Waals surface area (Å²) in [6, 6.07) is 13.2.